The van der Waals surface area contributed by atoms with E-state index < -0.39 is 0 Å². The highest BCUT2D eigenvalue weighted by Gasteiger charge is 2.49. The average Bonchev–Trinajstić information content (AvgIpc) is 2.22. The van der Waals surface area contributed by atoms with Crippen molar-refractivity contribution in [2.45, 2.75) is 6.42 Å². The minimum absolute atomic E-state index is 0.402. The summed E-state index contributed by atoms with van der Waals surface area (Å²) in [6, 6.07) is 0. The number of aliphatic hydroxyl groups is 1. The van der Waals surface area contributed by atoms with Gasteiger partial charge in [-0.1, -0.05) is 12.2 Å². The van der Waals surface area contributed by atoms with E-state index >= 15 is 0 Å². The van der Waals surface area contributed by atoms with Crippen LogP contribution in [0.2, 0.25) is 0 Å². The topological polar surface area (TPSA) is 20.2 Å². The van der Waals surface area contributed by atoms with Crippen molar-refractivity contribution in [1.82, 2.24) is 0 Å². The van der Waals surface area contributed by atoms with Gasteiger partial charge in [-0.3, -0.25) is 0 Å². The molecule has 1 saturated carbocycles. The first kappa shape index (κ1) is 4.57. The van der Waals surface area contributed by atoms with Crippen LogP contribution in [0.1, 0.15) is 6.42 Å². The Hall–Kier alpha value is -0.300. The Bertz CT molecular complexity index is 128. The van der Waals surface area contributed by atoms with Crippen LogP contribution in [0.15, 0.2) is 12.2 Å². The molecule has 0 spiro atoms. The molecule has 0 bridgehead atoms. The first-order valence-corrected chi connectivity index (χ1v) is 3.21. The first-order valence-electron chi connectivity index (χ1n) is 3.21. The van der Waals surface area contributed by atoms with E-state index in [1.54, 1.807) is 0 Å². The zero-order valence-electron chi connectivity index (χ0n) is 4.75. The summed E-state index contributed by atoms with van der Waals surface area (Å²) in [4.78, 5) is 0. The van der Waals surface area contributed by atoms with Gasteiger partial charge in [0, 0.05) is 6.61 Å². The van der Waals surface area contributed by atoms with E-state index in [1.165, 1.54) is 6.42 Å². The summed E-state index contributed by atoms with van der Waals surface area (Å²) < 4.78 is 0. The predicted molar refractivity (Wildman–Crippen MR) is 31.3 cm³/mol. The van der Waals surface area contributed by atoms with E-state index in [0.717, 1.165) is 11.8 Å². The van der Waals surface area contributed by atoms with Gasteiger partial charge in [-0.05, 0) is 24.2 Å². The van der Waals surface area contributed by atoms with Crippen LogP contribution in [0, 0.1) is 17.8 Å². The predicted octanol–water partition coefficient (Wildman–Crippen LogP) is 0.801. The molecule has 8 heavy (non-hydrogen) atoms. The Balaban J connectivity index is 2.03. The maximum absolute atomic E-state index is 8.68. The third-order valence-electron chi connectivity index (χ3n) is 2.38. The molecule has 1 heteroatoms. The smallest absolute Gasteiger partial charge is 0.0467 e. The molecule has 3 atom stereocenters. The molecule has 0 aromatic carbocycles. The highest BCUT2D eigenvalue weighted by Crippen LogP contribution is 2.53. The second kappa shape index (κ2) is 1.35. The summed E-state index contributed by atoms with van der Waals surface area (Å²) in [5.74, 6) is 2.24. The normalized spacial score (nSPS) is 49.4. The molecular weight excluding hydrogens is 100 g/mol. The van der Waals surface area contributed by atoms with Crippen molar-refractivity contribution in [2.75, 3.05) is 6.61 Å². The minimum Gasteiger partial charge on any atom is -0.396 e. The summed E-state index contributed by atoms with van der Waals surface area (Å²) >= 11 is 0. The fraction of sp³-hybridized carbons (Fsp3) is 0.714. The highest BCUT2D eigenvalue weighted by atomic mass is 16.3. The van der Waals surface area contributed by atoms with Gasteiger partial charge in [-0.15, -0.1) is 0 Å². The lowest BCUT2D eigenvalue weighted by molar-refractivity contribution is 0.265. The summed E-state index contributed by atoms with van der Waals surface area (Å²) in [7, 11) is 0. The molecule has 0 radical (unpaired) electrons. The van der Waals surface area contributed by atoms with E-state index in [1.807, 2.05) is 0 Å². The van der Waals surface area contributed by atoms with E-state index in [0.29, 0.717) is 12.5 Å². The zero-order chi connectivity index (χ0) is 5.56. The van der Waals surface area contributed by atoms with Gasteiger partial charge in [0.1, 0.15) is 0 Å². The maximum Gasteiger partial charge on any atom is 0.0467 e. The summed E-state index contributed by atoms with van der Waals surface area (Å²) in [5, 5.41) is 8.68. The van der Waals surface area contributed by atoms with Gasteiger partial charge in [-0.25, -0.2) is 0 Å². The van der Waals surface area contributed by atoms with Crippen molar-refractivity contribution >= 4 is 0 Å². The van der Waals surface area contributed by atoms with Crippen LogP contribution in [-0.2, 0) is 0 Å². The number of rotatable bonds is 1. The molecule has 2 rings (SSSR count). The Morgan fingerprint density at radius 3 is 2.88 bits per heavy atom. The molecule has 1 nitrogen and oxygen atoms in total. The monoisotopic (exact) mass is 110 g/mol. The number of fused-ring (bicyclic) bond motifs is 1. The zero-order valence-corrected chi connectivity index (χ0v) is 4.75. The highest BCUT2D eigenvalue weighted by molar-refractivity contribution is 5.16. The number of aliphatic hydroxyl groups excluding tert-OH is 1. The average molecular weight is 110 g/mol. The lowest BCUT2D eigenvalue weighted by Crippen LogP contribution is -1.89. The molecule has 1 N–H and O–H groups in total. The fourth-order valence-corrected chi connectivity index (χ4v) is 1.74. The van der Waals surface area contributed by atoms with Crippen molar-refractivity contribution in [3.8, 4) is 0 Å². The quantitative estimate of drug-likeness (QED) is 0.495. The molecule has 1 fully saturated rings. The molecule has 0 heterocycles. The van der Waals surface area contributed by atoms with Crippen LogP contribution in [0.4, 0.5) is 0 Å². The van der Waals surface area contributed by atoms with Crippen molar-refractivity contribution < 1.29 is 5.11 Å². The van der Waals surface area contributed by atoms with Crippen molar-refractivity contribution in [2.24, 2.45) is 17.8 Å². The van der Waals surface area contributed by atoms with Gasteiger partial charge in [0.25, 0.3) is 0 Å². The summed E-state index contributed by atoms with van der Waals surface area (Å²) in [6.07, 6.45) is 5.68. The van der Waals surface area contributed by atoms with Crippen molar-refractivity contribution in [1.29, 1.82) is 0 Å². The Morgan fingerprint density at radius 2 is 2.50 bits per heavy atom. The molecule has 0 saturated heterocycles. The van der Waals surface area contributed by atoms with Crippen molar-refractivity contribution in [3.05, 3.63) is 12.2 Å². The van der Waals surface area contributed by atoms with Crippen LogP contribution in [0.3, 0.4) is 0 Å². The molecule has 0 aliphatic heterocycles. The minimum atomic E-state index is 0.402. The number of allylic oxidation sites excluding steroid dienone is 2. The SMILES string of the molecule is OCC1C2C=CCC21. The molecule has 0 amide bonds. The van der Waals surface area contributed by atoms with Gasteiger partial charge < -0.3 is 5.11 Å². The van der Waals surface area contributed by atoms with Gasteiger partial charge in [0.15, 0.2) is 0 Å². The Labute approximate surface area is 49.0 Å². The molecule has 44 valence electrons. The van der Waals surface area contributed by atoms with Crippen LogP contribution in [-0.4, -0.2) is 11.7 Å². The van der Waals surface area contributed by atoms with E-state index in [4.69, 9.17) is 5.11 Å². The van der Waals surface area contributed by atoms with E-state index in [2.05, 4.69) is 12.2 Å². The fourth-order valence-electron chi connectivity index (χ4n) is 1.74. The first-order chi connectivity index (χ1) is 3.93. The molecule has 0 aromatic heterocycles. The summed E-state index contributed by atoms with van der Waals surface area (Å²) in [5.41, 5.74) is 0. The van der Waals surface area contributed by atoms with Gasteiger partial charge in [-0.2, -0.15) is 0 Å². The van der Waals surface area contributed by atoms with Crippen LogP contribution in [0.25, 0.3) is 0 Å². The lowest BCUT2D eigenvalue weighted by atomic mass is 10.2. The van der Waals surface area contributed by atoms with Gasteiger partial charge in [0.2, 0.25) is 0 Å². The van der Waals surface area contributed by atoms with Crippen LogP contribution >= 0.6 is 0 Å². The molecule has 3 unspecified atom stereocenters. The van der Waals surface area contributed by atoms with Gasteiger partial charge >= 0.3 is 0 Å². The standard InChI is InChI=1S/C7H10O/c8-4-7-5-2-1-3-6(5)7/h1-2,5-8H,3-4H2. The number of hydrogen-bond donors (Lipinski definition) is 1. The second-order valence-electron chi connectivity index (χ2n) is 2.75. The van der Waals surface area contributed by atoms with E-state index in [9.17, 15) is 0 Å². The third kappa shape index (κ3) is 0.402. The molecule has 0 aromatic rings. The van der Waals surface area contributed by atoms with E-state index in [-0.39, 0.29) is 0 Å². The Kier molecular flexibility index (Phi) is 0.770. The number of hydrogen-bond acceptors (Lipinski definition) is 1. The molecular formula is C7H10O. The van der Waals surface area contributed by atoms with Crippen LogP contribution in [0.5, 0.6) is 0 Å². The second-order valence-corrected chi connectivity index (χ2v) is 2.75. The summed E-state index contributed by atoms with van der Waals surface area (Å²) in [6.45, 7) is 0.402. The largest absolute Gasteiger partial charge is 0.396 e. The molecule has 2 aliphatic rings. The third-order valence-corrected chi connectivity index (χ3v) is 2.38. The maximum atomic E-state index is 8.68. The van der Waals surface area contributed by atoms with Gasteiger partial charge in [0.05, 0.1) is 0 Å². The molecule has 2 aliphatic carbocycles. The van der Waals surface area contributed by atoms with Crippen molar-refractivity contribution in [3.63, 3.8) is 0 Å². The Morgan fingerprint density at radius 1 is 1.62 bits per heavy atom. The van der Waals surface area contributed by atoms with Crippen LogP contribution < -0.4 is 0 Å². The lowest BCUT2D eigenvalue weighted by Gasteiger charge is -1.88.